The molecule has 5 heteroatoms. The summed E-state index contributed by atoms with van der Waals surface area (Å²) in [5, 5.41) is 9.29. The Kier molecular flexibility index (Phi) is 6.25. The summed E-state index contributed by atoms with van der Waals surface area (Å²) in [6, 6.07) is 23.3. The Balaban J connectivity index is 1.91. The van der Waals surface area contributed by atoms with Gasteiger partial charge < -0.3 is 9.47 Å². The highest BCUT2D eigenvalue weighted by molar-refractivity contribution is 5.76. The highest BCUT2D eigenvalue weighted by Crippen LogP contribution is 2.12. The van der Waals surface area contributed by atoms with Crippen molar-refractivity contribution in [2.24, 2.45) is 0 Å². The Morgan fingerprint density at radius 2 is 1.48 bits per heavy atom. The Morgan fingerprint density at radius 1 is 0.966 bits per heavy atom. The van der Waals surface area contributed by atoms with Gasteiger partial charge in [-0.3, -0.25) is 9.59 Å². The van der Waals surface area contributed by atoms with Crippen LogP contribution in [0.25, 0.3) is 0 Å². The van der Waals surface area contributed by atoms with E-state index < -0.39 is 5.56 Å². The van der Waals surface area contributed by atoms with E-state index >= 15 is 0 Å². The van der Waals surface area contributed by atoms with Gasteiger partial charge in [0, 0.05) is 18.8 Å². The molecule has 0 aliphatic rings. The maximum Gasteiger partial charge on any atom is 0.269 e. The maximum absolute atomic E-state index is 13.2. The average Bonchev–Trinajstić information content (AvgIpc) is 2.72. The number of carbonyl (C=O) groups is 1. The summed E-state index contributed by atoms with van der Waals surface area (Å²) in [6.45, 7) is 4.30. The van der Waals surface area contributed by atoms with Crippen LogP contribution in [0.15, 0.2) is 71.5 Å². The molecule has 1 aromatic heterocycles. The van der Waals surface area contributed by atoms with Crippen LogP contribution in [0.2, 0.25) is 0 Å². The number of hydrogen-bond acceptors (Lipinski definition) is 3. The SMILES string of the molecule is Cc1cc(C)n(CC(=O)N(Cc2ccccc2)Cc2ccccc2)c(=O)c1C#N. The molecule has 0 N–H and O–H groups in total. The van der Waals surface area contributed by atoms with Crippen LogP contribution in [0.1, 0.15) is 27.9 Å². The molecule has 0 bridgehead atoms. The molecule has 0 spiro atoms. The Bertz CT molecular complexity index is 1060. The zero-order chi connectivity index (χ0) is 20.8. The summed E-state index contributed by atoms with van der Waals surface area (Å²) in [5.41, 5.74) is 2.99. The number of aromatic nitrogens is 1. The van der Waals surface area contributed by atoms with Crippen LogP contribution < -0.4 is 5.56 Å². The monoisotopic (exact) mass is 385 g/mol. The first-order valence-corrected chi connectivity index (χ1v) is 9.46. The summed E-state index contributed by atoms with van der Waals surface area (Å²) in [5.74, 6) is -0.171. The molecule has 0 aliphatic heterocycles. The number of amides is 1. The third-order valence-electron chi connectivity index (χ3n) is 4.89. The van der Waals surface area contributed by atoms with Gasteiger partial charge in [0.05, 0.1) is 0 Å². The molecule has 0 unspecified atom stereocenters. The quantitative estimate of drug-likeness (QED) is 0.652. The molecule has 2 aromatic carbocycles. The van der Waals surface area contributed by atoms with E-state index in [0.717, 1.165) is 11.1 Å². The second-order valence-electron chi connectivity index (χ2n) is 7.07. The average molecular weight is 385 g/mol. The largest absolute Gasteiger partial charge is 0.332 e. The molecule has 0 atom stereocenters. The van der Waals surface area contributed by atoms with E-state index in [0.29, 0.717) is 24.3 Å². The maximum atomic E-state index is 13.2. The minimum absolute atomic E-state index is 0.0843. The van der Waals surface area contributed by atoms with Crippen molar-refractivity contribution in [2.45, 2.75) is 33.5 Å². The minimum atomic E-state index is -0.419. The fourth-order valence-electron chi connectivity index (χ4n) is 3.33. The van der Waals surface area contributed by atoms with Crippen LogP contribution in [-0.4, -0.2) is 15.4 Å². The van der Waals surface area contributed by atoms with Crippen molar-refractivity contribution >= 4 is 5.91 Å². The van der Waals surface area contributed by atoms with Gasteiger partial charge in [0.25, 0.3) is 5.56 Å². The predicted molar refractivity (Wildman–Crippen MR) is 112 cm³/mol. The van der Waals surface area contributed by atoms with Crippen LogP contribution in [0, 0.1) is 25.2 Å². The first-order valence-electron chi connectivity index (χ1n) is 9.46. The predicted octanol–water partition coefficient (Wildman–Crippen LogP) is 3.57. The number of rotatable bonds is 6. The number of nitrogens with zero attached hydrogens (tertiary/aromatic N) is 3. The van der Waals surface area contributed by atoms with E-state index in [4.69, 9.17) is 0 Å². The number of hydrogen-bond donors (Lipinski definition) is 0. The van der Waals surface area contributed by atoms with Crippen LogP contribution >= 0.6 is 0 Å². The van der Waals surface area contributed by atoms with Crippen LogP contribution in [0.3, 0.4) is 0 Å². The molecule has 29 heavy (non-hydrogen) atoms. The summed E-state index contributed by atoms with van der Waals surface area (Å²) >= 11 is 0. The van der Waals surface area contributed by atoms with Gasteiger partial charge in [-0.05, 0) is 36.6 Å². The number of nitriles is 1. The fourth-order valence-corrected chi connectivity index (χ4v) is 3.33. The van der Waals surface area contributed by atoms with Crippen LogP contribution in [-0.2, 0) is 24.4 Å². The summed E-state index contributed by atoms with van der Waals surface area (Å²) < 4.78 is 1.39. The van der Waals surface area contributed by atoms with E-state index in [1.54, 1.807) is 24.8 Å². The first kappa shape index (κ1) is 20.1. The summed E-state index contributed by atoms with van der Waals surface area (Å²) in [4.78, 5) is 27.6. The van der Waals surface area contributed by atoms with Gasteiger partial charge in [-0.15, -0.1) is 0 Å². The van der Waals surface area contributed by atoms with Crippen molar-refractivity contribution in [3.8, 4) is 6.07 Å². The van der Waals surface area contributed by atoms with Crippen molar-refractivity contribution in [1.82, 2.24) is 9.47 Å². The molecule has 1 heterocycles. The van der Waals surface area contributed by atoms with E-state index in [1.807, 2.05) is 66.7 Å². The van der Waals surface area contributed by atoms with E-state index in [-0.39, 0.29) is 18.0 Å². The highest BCUT2D eigenvalue weighted by atomic mass is 16.2. The molecule has 0 radical (unpaired) electrons. The number of aryl methyl sites for hydroxylation is 2. The lowest BCUT2D eigenvalue weighted by Gasteiger charge is -2.24. The number of benzene rings is 2. The fraction of sp³-hybridized carbons (Fsp3) is 0.208. The number of carbonyl (C=O) groups excluding carboxylic acids is 1. The van der Waals surface area contributed by atoms with Crippen molar-refractivity contribution in [3.63, 3.8) is 0 Å². The minimum Gasteiger partial charge on any atom is -0.332 e. The summed E-state index contributed by atoms with van der Waals surface area (Å²) in [7, 11) is 0. The van der Waals surface area contributed by atoms with Crippen molar-refractivity contribution in [1.29, 1.82) is 5.26 Å². The molecular weight excluding hydrogens is 362 g/mol. The van der Waals surface area contributed by atoms with E-state index in [9.17, 15) is 14.9 Å². The lowest BCUT2D eigenvalue weighted by molar-refractivity contribution is -0.133. The van der Waals surface area contributed by atoms with Gasteiger partial charge in [0.15, 0.2) is 0 Å². The van der Waals surface area contributed by atoms with E-state index in [2.05, 4.69) is 0 Å². The van der Waals surface area contributed by atoms with Crippen molar-refractivity contribution in [3.05, 3.63) is 105 Å². The van der Waals surface area contributed by atoms with Gasteiger partial charge >= 0.3 is 0 Å². The van der Waals surface area contributed by atoms with Crippen molar-refractivity contribution in [2.75, 3.05) is 0 Å². The molecule has 1 amide bonds. The molecule has 0 saturated carbocycles. The zero-order valence-electron chi connectivity index (χ0n) is 16.6. The van der Waals surface area contributed by atoms with Gasteiger partial charge in [0.1, 0.15) is 18.2 Å². The third kappa shape index (κ3) is 4.80. The third-order valence-corrected chi connectivity index (χ3v) is 4.89. The second-order valence-corrected chi connectivity index (χ2v) is 7.07. The van der Waals surface area contributed by atoms with Gasteiger partial charge in [-0.25, -0.2) is 0 Å². The second kappa shape index (κ2) is 9.03. The molecule has 3 aromatic rings. The summed E-state index contributed by atoms with van der Waals surface area (Å²) in [6.07, 6.45) is 0. The molecule has 0 fully saturated rings. The Morgan fingerprint density at radius 3 is 1.97 bits per heavy atom. The molecule has 146 valence electrons. The Hall–Kier alpha value is -3.65. The Labute approximate surface area is 170 Å². The van der Waals surface area contributed by atoms with E-state index in [1.165, 1.54) is 4.57 Å². The molecular formula is C24H23N3O2. The lowest BCUT2D eigenvalue weighted by atomic mass is 10.1. The topological polar surface area (TPSA) is 66.1 Å². The standard InChI is InChI=1S/C24H23N3O2/c1-18-13-19(2)27(24(29)22(18)14-25)17-23(28)26(15-20-9-5-3-6-10-20)16-21-11-7-4-8-12-21/h3-13H,15-17H2,1-2H3. The molecule has 0 aliphatic carbocycles. The van der Waals surface area contributed by atoms with Gasteiger partial charge in [-0.1, -0.05) is 60.7 Å². The first-order chi connectivity index (χ1) is 14.0. The smallest absolute Gasteiger partial charge is 0.269 e. The molecule has 3 rings (SSSR count). The van der Waals surface area contributed by atoms with Gasteiger partial charge in [0.2, 0.25) is 5.91 Å². The highest BCUT2D eigenvalue weighted by Gasteiger charge is 2.18. The normalized spacial score (nSPS) is 10.4. The zero-order valence-corrected chi connectivity index (χ0v) is 16.6. The van der Waals surface area contributed by atoms with Gasteiger partial charge in [-0.2, -0.15) is 5.26 Å². The van der Waals surface area contributed by atoms with Crippen LogP contribution in [0.4, 0.5) is 0 Å². The van der Waals surface area contributed by atoms with Crippen LogP contribution in [0.5, 0.6) is 0 Å². The lowest BCUT2D eigenvalue weighted by Crippen LogP contribution is -2.37. The number of pyridine rings is 1. The molecule has 0 saturated heterocycles. The molecule has 5 nitrogen and oxygen atoms in total. The van der Waals surface area contributed by atoms with Crippen molar-refractivity contribution < 1.29 is 4.79 Å².